The summed E-state index contributed by atoms with van der Waals surface area (Å²) in [4.78, 5) is 0. The first-order valence-corrected chi connectivity index (χ1v) is 6.93. The minimum absolute atomic E-state index is 0.0815. The van der Waals surface area contributed by atoms with Crippen molar-refractivity contribution >= 4 is 0 Å². The maximum absolute atomic E-state index is 6.38. The average molecular weight is 237 g/mol. The van der Waals surface area contributed by atoms with E-state index in [2.05, 4.69) is 25.7 Å². The van der Waals surface area contributed by atoms with E-state index < -0.39 is 0 Å². The number of rotatable bonds is 5. The third-order valence-corrected chi connectivity index (χ3v) is 3.86. The van der Waals surface area contributed by atoms with Gasteiger partial charge in [-0.1, -0.05) is 19.8 Å². The van der Waals surface area contributed by atoms with Gasteiger partial charge in [0, 0.05) is 19.1 Å². The molecule has 0 heterocycles. The number of ether oxygens (including phenoxy) is 1. The molecule has 0 spiro atoms. The van der Waals surface area contributed by atoms with E-state index in [9.17, 15) is 0 Å². The lowest BCUT2D eigenvalue weighted by molar-refractivity contribution is -0.0937. The highest BCUT2D eigenvalue weighted by Crippen LogP contribution is 2.38. The van der Waals surface area contributed by atoms with Crippen molar-refractivity contribution in [2.24, 2.45) is 11.7 Å². The summed E-state index contributed by atoms with van der Waals surface area (Å²) in [6.07, 6.45) is 6.63. The van der Waals surface area contributed by atoms with Crippen molar-refractivity contribution in [3.8, 4) is 11.8 Å². The molecule has 0 aromatic heterocycles. The van der Waals surface area contributed by atoms with Crippen LogP contribution in [0, 0.1) is 17.8 Å². The molecule has 0 radical (unpaired) electrons. The van der Waals surface area contributed by atoms with Crippen molar-refractivity contribution in [1.82, 2.24) is 0 Å². The maximum Gasteiger partial charge on any atom is 0.0835 e. The molecular weight excluding hydrogens is 210 g/mol. The van der Waals surface area contributed by atoms with E-state index in [1.54, 1.807) is 0 Å². The van der Waals surface area contributed by atoms with Crippen molar-refractivity contribution in [3.63, 3.8) is 0 Å². The zero-order valence-corrected chi connectivity index (χ0v) is 11.6. The largest absolute Gasteiger partial charge is 0.374 e. The quantitative estimate of drug-likeness (QED) is 0.746. The second-order valence-corrected chi connectivity index (χ2v) is 5.27. The lowest BCUT2D eigenvalue weighted by Gasteiger charge is -2.43. The van der Waals surface area contributed by atoms with Crippen LogP contribution in [0.3, 0.4) is 0 Å². The molecule has 1 aliphatic carbocycles. The second-order valence-electron chi connectivity index (χ2n) is 5.27. The van der Waals surface area contributed by atoms with Gasteiger partial charge >= 0.3 is 0 Å². The molecule has 0 bridgehead atoms. The minimum atomic E-state index is -0.0815. The van der Waals surface area contributed by atoms with Crippen LogP contribution >= 0.6 is 0 Å². The monoisotopic (exact) mass is 237 g/mol. The summed E-state index contributed by atoms with van der Waals surface area (Å²) in [5.41, 5.74) is 6.30. The van der Waals surface area contributed by atoms with Crippen LogP contribution in [-0.2, 0) is 4.74 Å². The molecule has 1 fully saturated rings. The van der Waals surface area contributed by atoms with Gasteiger partial charge in [-0.3, -0.25) is 0 Å². The highest BCUT2D eigenvalue weighted by Gasteiger charge is 2.40. The highest BCUT2D eigenvalue weighted by molar-refractivity contribution is 5.00. The molecule has 2 N–H and O–H groups in total. The van der Waals surface area contributed by atoms with E-state index >= 15 is 0 Å². The van der Waals surface area contributed by atoms with Crippen LogP contribution in [0.1, 0.15) is 59.3 Å². The van der Waals surface area contributed by atoms with E-state index in [0.717, 1.165) is 38.2 Å². The Balaban J connectivity index is 2.63. The Morgan fingerprint density at radius 1 is 1.53 bits per heavy atom. The molecule has 0 aromatic carbocycles. The smallest absolute Gasteiger partial charge is 0.0835 e. The van der Waals surface area contributed by atoms with Crippen LogP contribution in [0.2, 0.25) is 0 Å². The van der Waals surface area contributed by atoms with Crippen molar-refractivity contribution in [3.05, 3.63) is 0 Å². The molecule has 0 saturated heterocycles. The normalized spacial score (nSPS) is 30.5. The van der Waals surface area contributed by atoms with E-state index in [1.807, 2.05) is 6.92 Å². The zero-order chi connectivity index (χ0) is 12.7. The molecule has 17 heavy (non-hydrogen) atoms. The summed E-state index contributed by atoms with van der Waals surface area (Å²) in [6, 6.07) is 0.131. The third-order valence-electron chi connectivity index (χ3n) is 3.86. The van der Waals surface area contributed by atoms with Gasteiger partial charge in [0.25, 0.3) is 0 Å². The van der Waals surface area contributed by atoms with Gasteiger partial charge in [-0.2, -0.15) is 0 Å². The molecule has 3 unspecified atom stereocenters. The molecule has 1 saturated carbocycles. The Morgan fingerprint density at radius 2 is 2.29 bits per heavy atom. The van der Waals surface area contributed by atoms with Crippen molar-refractivity contribution in [1.29, 1.82) is 0 Å². The number of hydrogen-bond acceptors (Lipinski definition) is 2. The maximum atomic E-state index is 6.38. The molecule has 0 aliphatic heterocycles. The lowest BCUT2D eigenvalue weighted by Crippen LogP contribution is -2.52. The van der Waals surface area contributed by atoms with E-state index in [1.165, 1.54) is 12.8 Å². The minimum Gasteiger partial charge on any atom is -0.374 e. The summed E-state index contributed by atoms with van der Waals surface area (Å²) in [5, 5.41) is 0. The molecule has 3 atom stereocenters. The molecule has 0 amide bonds. The molecule has 98 valence electrons. The summed E-state index contributed by atoms with van der Waals surface area (Å²) in [6.45, 7) is 7.03. The van der Waals surface area contributed by atoms with E-state index in [4.69, 9.17) is 10.5 Å². The molecule has 1 aliphatic rings. The highest BCUT2D eigenvalue weighted by atomic mass is 16.5. The summed E-state index contributed by atoms with van der Waals surface area (Å²) >= 11 is 0. The average Bonchev–Trinajstić information content (AvgIpc) is 2.29. The molecule has 1 rings (SSSR count). The Kier molecular flexibility index (Phi) is 6.02. The zero-order valence-electron chi connectivity index (χ0n) is 11.6. The van der Waals surface area contributed by atoms with Gasteiger partial charge in [-0.05, 0) is 39.0 Å². The molecule has 2 heteroatoms. The van der Waals surface area contributed by atoms with Crippen molar-refractivity contribution in [2.45, 2.75) is 70.9 Å². The van der Waals surface area contributed by atoms with Gasteiger partial charge in [-0.15, -0.1) is 11.8 Å². The van der Waals surface area contributed by atoms with Crippen LogP contribution < -0.4 is 5.73 Å². The van der Waals surface area contributed by atoms with Gasteiger partial charge in [-0.25, -0.2) is 0 Å². The van der Waals surface area contributed by atoms with Gasteiger partial charge in [0.2, 0.25) is 0 Å². The Hall–Kier alpha value is -0.520. The fourth-order valence-corrected chi connectivity index (χ4v) is 3.02. The predicted octanol–water partition coefficient (Wildman–Crippen LogP) is 3.10. The van der Waals surface area contributed by atoms with Crippen molar-refractivity contribution in [2.75, 3.05) is 6.61 Å². The lowest BCUT2D eigenvalue weighted by atomic mass is 9.73. The molecule has 2 nitrogen and oxygen atoms in total. The SMILES string of the molecule is CC#CCCC(N)C1(OCC)CCCC(C)C1. The Labute approximate surface area is 106 Å². The number of nitrogens with two attached hydrogens (primary N) is 1. The van der Waals surface area contributed by atoms with Crippen LogP contribution in [0.15, 0.2) is 0 Å². The van der Waals surface area contributed by atoms with Gasteiger partial charge < -0.3 is 10.5 Å². The van der Waals surface area contributed by atoms with E-state index in [-0.39, 0.29) is 11.6 Å². The summed E-state index contributed by atoms with van der Waals surface area (Å²) < 4.78 is 6.06. The van der Waals surface area contributed by atoms with Crippen LogP contribution in [0.4, 0.5) is 0 Å². The summed E-state index contributed by atoms with van der Waals surface area (Å²) in [5.74, 6) is 6.77. The Bertz CT molecular complexity index is 274. The molecular formula is C15H27NO. The van der Waals surface area contributed by atoms with Gasteiger partial charge in [0.05, 0.1) is 5.60 Å². The van der Waals surface area contributed by atoms with Crippen LogP contribution in [0.25, 0.3) is 0 Å². The predicted molar refractivity (Wildman–Crippen MR) is 72.6 cm³/mol. The van der Waals surface area contributed by atoms with Crippen LogP contribution in [-0.4, -0.2) is 18.2 Å². The first-order valence-electron chi connectivity index (χ1n) is 6.93. The van der Waals surface area contributed by atoms with Crippen molar-refractivity contribution < 1.29 is 4.74 Å². The van der Waals surface area contributed by atoms with Gasteiger partial charge in [0.15, 0.2) is 0 Å². The topological polar surface area (TPSA) is 35.2 Å². The third kappa shape index (κ3) is 4.01. The molecule has 0 aromatic rings. The Morgan fingerprint density at radius 3 is 2.88 bits per heavy atom. The first kappa shape index (κ1) is 14.5. The van der Waals surface area contributed by atoms with E-state index in [0.29, 0.717) is 0 Å². The fourth-order valence-electron chi connectivity index (χ4n) is 3.02. The standard InChI is InChI=1S/C15H27NO/c1-4-6-7-10-14(16)15(17-5-2)11-8-9-13(3)12-15/h13-14H,5,7-12,16H2,1-3H3. The fraction of sp³-hybridized carbons (Fsp3) is 0.867. The second kappa shape index (κ2) is 7.03. The first-order chi connectivity index (χ1) is 8.14. The van der Waals surface area contributed by atoms with Gasteiger partial charge in [0.1, 0.15) is 0 Å². The summed E-state index contributed by atoms with van der Waals surface area (Å²) in [7, 11) is 0. The van der Waals surface area contributed by atoms with Crippen LogP contribution in [0.5, 0.6) is 0 Å². The number of hydrogen-bond donors (Lipinski definition) is 1.